The highest BCUT2D eigenvalue weighted by Gasteiger charge is 2.66. The van der Waals surface area contributed by atoms with Gasteiger partial charge in [-0.1, -0.05) is 6.42 Å². The first-order valence-corrected chi connectivity index (χ1v) is 13.5. The van der Waals surface area contributed by atoms with Crippen LogP contribution >= 0.6 is 11.8 Å². The minimum Gasteiger partial charge on any atom is -0.462 e. The van der Waals surface area contributed by atoms with Gasteiger partial charge in [0.2, 0.25) is 0 Å². The SMILES string of the molecule is CSCOC[C@]1(COC(=O)C(C)(C)C)O[C@@H](n2cc(C)c(=O)[nH]c2=O)[C@@H]2OC3(CCCCC3)O[C@@H]21. The van der Waals surface area contributed by atoms with Gasteiger partial charge in [0.15, 0.2) is 17.6 Å². The van der Waals surface area contributed by atoms with E-state index in [1.807, 2.05) is 6.26 Å². The molecule has 2 saturated heterocycles. The number of ether oxygens (including phenoxy) is 5. The molecule has 11 heteroatoms. The van der Waals surface area contributed by atoms with E-state index >= 15 is 0 Å². The summed E-state index contributed by atoms with van der Waals surface area (Å²) in [6.07, 6.45) is 5.71. The molecule has 1 aliphatic carbocycles. The molecule has 0 unspecified atom stereocenters. The van der Waals surface area contributed by atoms with Gasteiger partial charge in [0, 0.05) is 24.6 Å². The molecule has 1 aromatic heterocycles. The van der Waals surface area contributed by atoms with Crippen molar-refractivity contribution in [2.75, 3.05) is 25.4 Å². The topological polar surface area (TPSA) is 118 Å². The van der Waals surface area contributed by atoms with Gasteiger partial charge >= 0.3 is 11.7 Å². The average molecular weight is 513 g/mol. The molecule has 0 aromatic carbocycles. The maximum Gasteiger partial charge on any atom is 0.330 e. The predicted molar refractivity (Wildman–Crippen MR) is 129 cm³/mol. The molecular formula is C24H36N2O8S. The third-order valence-corrected chi connectivity index (χ3v) is 7.19. The van der Waals surface area contributed by atoms with Crippen LogP contribution in [-0.4, -0.2) is 64.5 Å². The monoisotopic (exact) mass is 512 g/mol. The van der Waals surface area contributed by atoms with E-state index in [4.69, 9.17) is 23.7 Å². The van der Waals surface area contributed by atoms with Crippen molar-refractivity contribution in [1.82, 2.24) is 9.55 Å². The number of hydrogen-bond donors (Lipinski definition) is 1. The first kappa shape index (κ1) is 26.4. The van der Waals surface area contributed by atoms with Crippen molar-refractivity contribution in [3.63, 3.8) is 0 Å². The van der Waals surface area contributed by atoms with Gasteiger partial charge in [0.25, 0.3) is 5.56 Å². The van der Waals surface area contributed by atoms with Crippen LogP contribution in [0.5, 0.6) is 0 Å². The Balaban J connectivity index is 1.73. The fraction of sp³-hybridized carbons (Fsp3) is 0.792. The van der Waals surface area contributed by atoms with Gasteiger partial charge in [-0.25, -0.2) is 4.79 Å². The van der Waals surface area contributed by atoms with Crippen LogP contribution in [0.3, 0.4) is 0 Å². The quantitative estimate of drug-likeness (QED) is 0.334. The summed E-state index contributed by atoms with van der Waals surface area (Å²) in [4.78, 5) is 39.8. The van der Waals surface area contributed by atoms with Gasteiger partial charge in [-0.2, -0.15) is 0 Å². The Morgan fingerprint density at radius 2 is 1.89 bits per heavy atom. The van der Waals surface area contributed by atoms with Crippen molar-refractivity contribution < 1.29 is 28.5 Å². The van der Waals surface area contributed by atoms with Crippen LogP contribution in [0.15, 0.2) is 15.8 Å². The number of hydrogen-bond acceptors (Lipinski definition) is 9. The molecule has 2 aliphatic heterocycles. The smallest absolute Gasteiger partial charge is 0.330 e. The van der Waals surface area contributed by atoms with E-state index in [9.17, 15) is 14.4 Å². The number of H-pyrrole nitrogens is 1. The molecule has 1 saturated carbocycles. The van der Waals surface area contributed by atoms with Crippen molar-refractivity contribution in [2.24, 2.45) is 5.41 Å². The summed E-state index contributed by atoms with van der Waals surface area (Å²) in [5.41, 5.74) is -2.60. The van der Waals surface area contributed by atoms with E-state index in [0.717, 1.165) is 32.1 Å². The van der Waals surface area contributed by atoms with Crippen molar-refractivity contribution in [1.29, 1.82) is 0 Å². The number of carbonyl (C=O) groups is 1. The lowest BCUT2D eigenvalue weighted by molar-refractivity contribution is -0.261. The van der Waals surface area contributed by atoms with Crippen molar-refractivity contribution >= 4 is 17.7 Å². The third-order valence-electron chi connectivity index (χ3n) is 6.79. The molecule has 196 valence electrons. The highest BCUT2D eigenvalue weighted by Crippen LogP contribution is 2.52. The summed E-state index contributed by atoms with van der Waals surface area (Å²) in [5, 5.41) is 0. The molecule has 35 heavy (non-hydrogen) atoms. The van der Waals surface area contributed by atoms with Crippen molar-refractivity contribution in [3.05, 3.63) is 32.6 Å². The lowest BCUT2D eigenvalue weighted by Gasteiger charge is -2.38. The average Bonchev–Trinajstić information content (AvgIpc) is 3.29. The zero-order valence-corrected chi connectivity index (χ0v) is 21.9. The number of aryl methyl sites for hydroxylation is 1. The number of thioether (sulfide) groups is 1. The largest absolute Gasteiger partial charge is 0.462 e. The highest BCUT2D eigenvalue weighted by atomic mass is 32.2. The van der Waals surface area contributed by atoms with Crippen LogP contribution in [0.2, 0.25) is 0 Å². The molecule has 1 N–H and O–H groups in total. The summed E-state index contributed by atoms with van der Waals surface area (Å²) >= 11 is 1.51. The summed E-state index contributed by atoms with van der Waals surface area (Å²) in [7, 11) is 0. The summed E-state index contributed by atoms with van der Waals surface area (Å²) in [5.74, 6) is -0.756. The molecule has 0 bridgehead atoms. The maximum absolute atomic E-state index is 12.8. The van der Waals surface area contributed by atoms with E-state index in [1.54, 1.807) is 27.7 Å². The fourth-order valence-corrected chi connectivity index (χ4v) is 5.17. The zero-order valence-electron chi connectivity index (χ0n) is 21.1. The second-order valence-corrected chi connectivity index (χ2v) is 11.5. The molecule has 4 rings (SSSR count). The number of rotatable bonds is 7. The Hall–Kier alpha value is -1.66. The van der Waals surface area contributed by atoms with Crippen LogP contribution in [-0.2, 0) is 28.5 Å². The molecule has 4 atom stereocenters. The first-order chi connectivity index (χ1) is 16.5. The lowest BCUT2D eigenvalue weighted by Crippen LogP contribution is -2.52. The van der Waals surface area contributed by atoms with E-state index in [1.165, 1.54) is 22.5 Å². The molecule has 3 heterocycles. The maximum atomic E-state index is 12.8. The fourth-order valence-electron chi connectivity index (χ4n) is 4.92. The summed E-state index contributed by atoms with van der Waals surface area (Å²) in [6, 6.07) is 0. The molecule has 0 amide bonds. The van der Waals surface area contributed by atoms with Gasteiger partial charge in [-0.05, 0) is 46.8 Å². The second kappa shape index (κ2) is 10.0. The number of esters is 1. The number of aromatic amines is 1. The Labute approximate surface area is 209 Å². The number of aromatic nitrogens is 2. The van der Waals surface area contributed by atoms with Crippen LogP contribution < -0.4 is 11.2 Å². The van der Waals surface area contributed by atoms with E-state index < -0.39 is 46.5 Å². The Morgan fingerprint density at radius 1 is 1.17 bits per heavy atom. The Morgan fingerprint density at radius 3 is 2.54 bits per heavy atom. The summed E-state index contributed by atoms with van der Waals surface area (Å²) in [6.45, 7) is 6.92. The Kier molecular flexibility index (Phi) is 7.55. The molecule has 0 radical (unpaired) electrons. The van der Waals surface area contributed by atoms with E-state index in [0.29, 0.717) is 11.5 Å². The van der Waals surface area contributed by atoms with Crippen LogP contribution in [0.1, 0.15) is 64.7 Å². The molecule has 3 aliphatic rings. The number of fused-ring (bicyclic) bond motifs is 1. The lowest BCUT2D eigenvalue weighted by atomic mass is 9.93. The Bertz CT molecular complexity index is 1040. The van der Waals surface area contributed by atoms with Gasteiger partial charge in [0.1, 0.15) is 18.8 Å². The van der Waals surface area contributed by atoms with Crippen LogP contribution in [0.4, 0.5) is 0 Å². The minimum atomic E-state index is -1.20. The number of nitrogens with one attached hydrogen (secondary N) is 1. The molecule has 1 aromatic rings. The highest BCUT2D eigenvalue weighted by molar-refractivity contribution is 7.98. The van der Waals surface area contributed by atoms with E-state index in [-0.39, 0.29) is 19.2 Å². The zero-order chi connectivity index (χ0) is 25.4. The van der Waals surface area contributed by atoms with Crippen molar-refractivity contribution in [3.8, 4) is 0 Å². The third kappa shape index (κ3) is 5.24. The van der Waals surface area contributed by atoms with Gasteiger partial charge in [-0.3, -0.25) is 19.1 Å². The van der Waals surface area contributed by atoms with E-state index in [2.05, 4.69) is 4.98 Å². The molecule has 10 nitrogen and oxygen atoms in total. The first-order valence-electron chi connectivity index (χ1n) is 12.1. The second-order valence-electron chi connectivity index (χ2n) is 10.7. The predicted octanol–water partition coefficient (Wildman–Crippen LogP) is 2.48. The molecular weight excluding hydrogens is 476 g/mol. The van der Waals surface area contributed by atoms with Gasteiger partial charge in [0.05, 0.1) is 18.0 Å². The van der Waals surface area contributed by atoms with Gasteiger partial charge in [-0.15, -0.1) is 11.8 Å². The summed E-state index contributed by atoms with van der Waals surface area (Å²) < 4.78 is 32.6. The normalized spacial score (nSPS) is 29.9. The standard InChI is InChI=1S/C24H36N2O8S/c1-15-11-26(21(29)25-18(15)27)19-16-17(33-24(32-16)9-7-6-8-10-24)23(34-19,12-30-14-35-5)13-31-20(28)22(2,3)4/h11,16-17,19H,6-10,12-14H2,1-5H3,(H,25,27,29)/t16-,17+,19-,23-/m1/s1. The molecule has 3 fully saturated rings. The van der Waals surface area contributed by atoms with Crippen LogP contribution in [0.25, 0.3) is 0 Å². The van der Waals surface area contributed by atoms with Crippen molar-refractivity contribution in [2.45, 2.75) is 89.6 Å². The van der Waals surface area contributed by atoms with Crippen LogP contribution in [0, 0.1) is 12.3 Å². The molecule has 1 spiro atoms. The van der Waals surface area contributed by atoms with Gasteiger partial charge < -0.3 is 23.7 Å². The minimum absolute atomic E-state index is 0.0828. The number of nitrogens with zero attached hydrogens (tertiary/aromatic N) is 1. The number of carbonyl (C=O) groups excluding carboxylic acids is 1.